The van der Waals surface area contributed by atoms with Crippen LogP contribution in [0.1, 0.15) is 37.8 Å². The van der Waals surface area contributed by atoms with Crippen molar-refractivity contribution in [2.45, 2.75) is 51.2 Å². The fourth-order valence-corrected chi connectivity index (χ4v) is 5.17. The Hall–Kier alpha value is -4.63. The molecule has 9 heteroatoms. The minimum Gasteiger partial charge on any atom is -0.456 e. The van der Waals surface area contributed by atoms with E-state index in [1.807, 2.05) is 72.8 Å². The first kappa shape index (κ1) is 27.9. The van der Waals surface area contributed by atoms with Crippen LogP contribution in [0.4, 0.5) is 16.2 Å². The maximum absolute atomic E-state index is 13.8. The average Bonchev–Trinajstić information content (AvgIpc) is 3.31. The highest BCUT2D eigenvalue weighted by atomic mass is 16.3. The number of urea groups is 1. The monoisotopic (exact) mass is 553 g/mol. The van der Waals surface area contributed by atoms with Crippen molar-refractivity contribution in [1.82, 2.24) is 10.6 Å². The number of furan rings is 1. The molecule has 0 spiro atoms. The average molecular weight is 554 g/mol. The molecule has 2 heterocycles. The predicted molar refractivity (Wildman–Crippen MR) is 160 cm³/mol. The molecular weight excluding hydrogens is 518 g/mol. The SMILES string of the molecule is CNC(=O)Nc1ccccc1-c1cc2cc(CN3C(=O)[C@H](NC(=O)CC(C)(C)N)CCc4ccccc43)ccc2o1. The highest BCUT2D eigenvalue weighted by molar-refractivity contribution is 6.01. The largest absolute Gasteiger partial charge is 0.456 e. The third-order valence-electron chi connectivity index (χ3n) is 7.09. The molecular formula is C32H35N5O4. The third-order valence-corrected chi connectivity index (χ3v) is 7.09. The molecule has 3 aromatic carbocycles. The summed E-state index contributed by atoms with van der Waals surface area (Å²) in [7, 11) is 1.56. The summed E-state index contributed by atoms with van der Waals surface area (Å²) >= 11 is 0. The lowest BCUT2D eigenvalue weighted by Gasteiger charge is -2.27. The molecule has 0 unspecified atom stereocenters. The second-order valence-electron chi connectivity index (χ2n) is 11.1. The summed E-state index contributed by atoms with van der Waals surface area (Å²) in [5.74, 6) is 0.228. The summed E-state index contributed by atoms with van der Waals surface area (Å²) < 4.78 is 6.14. The molecule has 1 aromatic heterocycles. The van der Waals surface area contributed by atoms with Gasteiger partial charge < -0.3 is 31.0 Å². The van der Waals surface area contributed by atoms with Crippen molar-refractivity contribution in [3.8, 4) is 11.3 Å². The van der Waals surface area contributed by atoms with Crippen molar-refractivity contribution in [2.75, 3.05) is 17.3 Å². The van der Waals surface area contributed by atoms with Crippen LogP contribution in [0.3, 0.4) is 0 Å². The molecule has 0 aliphatic carbocycles. The molecule has 4 amide bonds. The molecule has 0 saturated carbocycles. The maximum atomic E-state index is 13.8. The molecule has 0 radical (unpaired) electrons. The van der Waals surface area contributed by atoms with Crippen molar-refractivity contribution < 1.29 is 18.8 Å². The van der Waals surface area contributed by atoms with E-state index in [1.165, 1.54) is 0 Å². The van der Waals surface area contributed by atoms with Gasteiger partial charge in [0.1, 0.15) is 17.4 Å². The van der Waals surface area contributed by atoms with Crippen LogP contribution >= 0.6 is 0 Å². The Bertz CT molecular complexity index is 1600. The highest BCUT2D eigenvalue weighted by Gasteiger charge is 2.32. The van der Waals surface area contributed by atoms with E-state index in [9.17, 15) is 14.4 Å². The van der Waals surface area contributed by atoms with Gasteiger partial charge in [0.2, 0.25) is 11.8 Å². The Labute approximate surface area is 239 Å². The van der Waals surface area contributed by atoms with Gasteiger partial charge in [-0.25, -0.2) is 4.79 Å². The van der Waals surface area contributed by atoms with E-state index >= 15 is 0 Å². The van der Waals surface area contributed by atoms with Gasteiger partial charge in [-0.05, 0) is 74.2 Å². The van der Waals surface area contributed by atoms with Crippen LogP contribution in [-0.4, -0.2) is 36.5 Å². The number of nitrogens with one attached hydrogen (secondary N) is 3. The lowest BCUT2D eigenvalue weighted by Crippen LogP contribution is -2.49. The van der Waals surface area contributed by atoms with E-state index in [2.05, 4.69) is 16.0 Å². The molecule has 1 atom stereocenters. The van der Waals surface area contributed by atoms with E-state index in [-0.39, 0.29) is 24.3 Å². The first-order valence-corrected chi connectivity index (χ1v) is 13.7. The Balaban J connectivity index is 1.43. The summed E-state index contributed by atoms with van der Waals surface area (Å²) in [6, 6.07) is 22.1. The number of benzene rings is 3. The van der Waals surface area contributed by atoms with Gasteiger partial charge in [-0.2, -0.15) is 0 Å². The van der Waals surface area contributed by atoms with Gasteiger partial charge in [0.05, 0.1) is 12.2 Å². The molecule has 0 saturated heterocycles. The van der Waals surface area contributed by atoms with Crippen molar-refractivity contribution in [3.63, 3.8) is 0 Å². The number of nitrogens with two attached hydrogens (primary N) is 1. The first-order valence-electron chi connectivity index (χ1n) is 13.7. The van der Waals surface area contributed by atoms with Gasteiger partial charge in [-0.1, -0.05) is 36.4 Å². The fraction of sp³-hybridized carbons (Fsp3) is 0.281. The highest BCUT2D eigenvalue weighted by Crippen LogP contribution is 2.34. The smallest absolute Gasteiger partial charge is 0.318 e. The third kappa shape index (κ3) is 6.41. The summed E-state index contributed by atoms with van der Waals surface area (Å²) in [6.45, 7) is 3.91. The zero-order chi connectivity index (χ0) is 29.1. The van der Waals surface area contributed by atoms with Crippen molar-refractivity contribution in [3.05, 3.63) is 83.9 Å². The summed E-state index contributed by atoms with van der Waals surface area (Å²) in [5.41, 5.74) is 10.3. The van der Waals surface area contributed by atoms with Crippen molar-refractivity contribution in [2.24, 2.45) is 5.73 Å². The van der Waals surface area contributed by atoms with Crippen LogP contribution in [0.5, 0.6) is 0 Å². The summed E-state index contributed by atoms with van der Waals surface area (Å²) in [5, 5.41) is 9.19. The number of nitrogens with zero attached hydrogens (tertiary/aromatic N) is 1. The number of anilines is 2. The zero-order valence-corrected chi connectivity index (χ0v) is 23.5. The quantitative estimate of drug-likeness (QED) is 0.258. The van der Waals surface area contributed by atoms with Crippen LogP contribution in [0.15, 0.2) is 77.2 Å². The van der Waals surface area contributed by atoms with Crippen LogP contribution in [-0.2, 0) is 22.6 Å². The Morgan fingerprint density at radius 1 is 1.05 bits per heavy atom. The molecule has 5 N–H and O–H groups in total. The molecule has 4 aromatic rings. The molecule has 1 aliphatic heterocycles. The van der Waals surface area contributed by atoms with Gasteiger partial charge in [0.25, 0.3) is 0 Å². The van der Waals surface area contributed by atoms with Crippen molar-refractivity contribution in [1.29, 1.82) is 0 Å². The van der Waals surface area contributed by atoms with Gasteiger partial charge in [0, 0.05) is 35.6 Å². The molecule has 5 rings (SSSR count). The van der Waals surface area contributed by atoms with E-state index in [1.54, 1.807) is 25.8 Å². The summed E-state index contributed by atoms with van der Waals surface area (Å²) in [6.07, 6.45) is 1.31. The Morgan fingerprint density at radius 3 is 2.59 bits per heavy atom. The molecule has 0 fully saturated rings. The van der Waals surface area contributed by atoms with Crippen LogP contribution in [0, 0.1) is 0 Å². The van der Waals surface area contributed by atoms with Gasteiger partial charge >= 0.3 is 6.03 Å². The number of aryl methyl sites for hydroxylation is 1. The number of hydrogen-bond acceptors (Lipinski definition) is 5. The molecule has 9 nitrogen and oxygen atoms in total. The zero-order valence-electron chi connectivity index (χ0n) is 23.5. The number of rotatable bonds is 7. The molecule has 41 heavy (non-hydrogen) atoms. The number of para-hydroxylation sites is 2. The number of fused-ring (bicyclic) bond motifs is 2. The number of carbonyl (C=O) groups is 3. The summed E-state index contributed by atoms with van der Waals surface area (Å²) in [4.78, 5) is 40.2. The second kappa shape index (κ2) is 11.5. The number of carbonyl (C=O) groups excluding carboxylic acids is 3. The van der Waals surface area contributed by atoms with Crippen molar-refractivity contribution >= 4 is 40.2 Å². The van der Waals surface area contributed by atoms with Gasteiger partial charge in [0.15, 0.2) is 0 Å². The number of amides is 4. The second-order valence-corrected chi connectivity index (χ2v) is 11.1. The van der Waals surface area contributed by atoms with Crippen LogP contribution in [0.2, 0.25) is 0 Å². The maximum Gasteiger partial charge on any atom is 0.318 e. The topological polar surface area (TPSA) is 130 Å². The van der Waals surface area contributed by atoms with E-state index in [0.717, 1.165) is 27.8 Å². The number of hydrogen-bond donors (Lipinski definition) is 4. The standard InChI is InChI=1S/C32H35N5O4/c1-32(2,33)18-29(38)35-25-14-13-21-8-4-7-11-26(21)37(30(25)39)19-20-12-15-27-22(16-20)17-28(41-27)23-9-5-6-10-24(23)36-31(40)34-3/h4-12,15-17,25H,13-14,18-19,33H2,1-3H3,(H,35,38)(H2,34,36,40)/t25-/m1/s1. The van der Waals surface area contributed by atoms with E-state index < -0.39 is 11.6 Å². The lowest BCUT2D eigenvalue weighted by molar-refractivity contribution is -0.128. The normalized spacial score (nSPS) is 15.3. The minimum atomic E-state index is -0.668. The Morgan fingerprint density at radius 2 is 1.80 bits per heavy atom. The van der Waals surface area contributed by atoms with Gasteiger partial charge in [-0.3, -0.25) is 9.59 Å². The van der Waals surface area contributed by atoms with Gasteiger partial charge in [-0.15, -0.1) is 0 Å². The predicted octanol–water partition coefficient (Wildman–Crippen LogP) is 4.94. The van der Waals surface area contributed by atoms with Crippen LogP contribution < -0.4 is 26.6 Å². The van der Waals surface area contributed by atoms with Crippen LogP contribution in [0.25, 0.3) is 22.3 Å². The molecule has 1 aliphatic rings. The minimum absolute atomic E-state index is 0.130. The fourth-order valence-electron chi connectivity index (χ4n) is 5.17. The first-order chi connectivity index (χ1) is 19.6. The Kier molecular flexibility index (Phi) is 7.81. The molecule has 0 bridgehead atoms. The lowest BCUT2D eigenvalue weighted by atomic mass is 10.0. The van der Waals surface area contributed by atoms with E-state index in [0.29, 0.717) is 36.4 Å². The van der Waals surface area contributed by atoms with E-state index in [4.69, 9.17) is 10.2 Å². The molecule has 212 valence electrons.